The lowest BCUT2D eigenvalue weighted by atomic mass is 10.1. The van der Waals surface area contributed by atoms with Crippen LogP contribution in [-0.2, 0) is 14.6 Å². The van der Waals surface area contributed by atoms with Gasteiger partial charge in [-0.2, -0.15) is 0 Å². The van der Waals surface area contributed by atoms with Gasteiger partial charge in [-0.05, 0) is 44.0 Å². The molecule has 0 spiro atoms. The van der Waals surface area contributed by atoms with Crippen LogP contribution in [0.2, 0.25) is 0 Å². The van der Waals surface area contributed by atoms with Crippen molar-refractivity contribution in [2.75, 3.05) is 24.8 Å². The van der Waals surface area contributed by atoms with Gasteiger partial charge in [-0.25, -0.2) is 27.8 Å². The van der Waals surface area contributed by atoms with Gasteiger partial charge in [-0.1, -0.05) is 0 Å². The Labute approximate surface area is 186 Å². The summed E-state index contributed by atoms with van der Waals surface area (Å²) in [6, 6.07) is 6.38. The third-order valence-corrected chi connectivity index (χ3v) is 6.19. The molecule has 1 N–H and O–H groups in total. The molecule has 0 bridgehead atoms. The molecule has 4 rings (SSSR count). The van der Waals surface area contributed by atoms with Crippen molar-refractivity contribution in [3.05, 3.63) is 48.3 Å². The molecular weight excluding hydrogens is 445 g/mol. The van der Waals surface area contributed by atoms with Crippen molar-refractivity contribution in [2.24, 2.45) is 0 Å². The van der Waals surface area contributed by atoms with Crippen LogP contribution in [-0.4, -0.2) is 47.4 Å². The fourth-order valence-corrected chi connectivity index (χ4v) is 4.18. The van der Waals surface area contributed by atoms with Gasteiger partial charge >= 0.3 is 0 Å². The number of ether oxygens (including phenoxy) is 1. The van der Waals surface area contributed by atoms with Crippen molar-refractivity contribution in [1.29, 1.82) is 0 Å². The minimum atomic E-state index is -3.28. The molecule has 0 atom stereocenters. The number of rotatable bonds is 5. The normalized spacial score (nSPS) is 14.8. The van der Waals surface area contributed by atoms with E-state index in [1.54, 1.807) is 18.3 Å². The van der Waals surface area contributed by atoms with Crippen LogP contribution < -0.4 is 5.32 Å². The zero-order valence-electron chi connectivity index (χ0n) is 17.1. The van der Waals surface area contributed by atoms with Crippen LogP contribution in [0.3, 0.4) is 0 Å². The quantitative estimate of drug-likeness (QED) is 0.610. The summed E-state index contributed by atoms with van der Waals surface area (Å²) in [5, 5.41) is 2.99. The van der Waals surface area contributed by atoms with Crippen LogP contribution in [0.4, 0.5) is 16.0 Å². The lowest BCUT2D eigenvalue weighted by Gasteiger charge is -2.26. The first-order valence-corrected chi connectivity index (χ1v) is 11.4. The second-order valence-electron chi connectivity index (χ2n) is 7.22. The van der Waals surface area contributed by atoms with E-state index in [1.807, 2.05) is 11.5 Å². The van der Waals surface area contributed by atoms with E-state index in [1.165, 1.54) is 12.1 Å². The van der Waals surface area contributed by atoms with E-state index in [9.17, 15) is 12.8 Å². The van der Waals surface area contributed by atoms with Crippen LogP contribution in [0.25, 0.3) is 11.4 Å². The van der Waals surface area contributed by atoms with E-state index in [-0.39, 0.29) is 35.0 Å². The van der Waals surface area contributed by atoms with Crippen LogP contribution in [0.5, 0.6) is 0 Å². The van der Waals surface area contributed by atoms with Gasteiger partial charge in [0.15, 0.2) is 15.7 Å². The van der Waals surface area contributed by atoms with E-state index >= 15 is 0 Å². The zero-order valence-corrected chi connectivity index (χ0v) is 18.7. The lowest BCUT2D eigenvalue weighted by Crippen LogP contribution is -2.21. The van der Waals surface area contributed by atoms with Gasteiger partial charge in [0.1, 0.15) is 11.5 Å². The molecule has 3 aromatic rings. The maximum Gasteiger partial charge on any atom is 0.227 e. The summed E-state index contributed by atoms with van der Waals surface area (Å²) in [5.74, 6) is 0.456. The van der Waals surface area contributed by atoms with E-state index in [0.717, 1.165) is 31.1 Å². The van der Waals surface area contributed by atoms with Crippen LogP contribution in [0.15, 0.2) is 41.6 Å². The van der Waals surface area contributed by atoms with Crippen LogP contribution in [0, 0.1) is 12.7 Å². The Balaban J connectivity index is 0.00000272. The van der Waals surface area contributed by atoms with Crippen LogP contribution >= 0.6 is 12.4 Å². The van der Waals surface area contributed by atoms with E-state index in [0.29, 0.717) is 24.6 Å². The monoisotopic (exact) mass is 467 g/mol. The molecule has 3 heterocycles. The first kappa shape index (κ1) is 23.1. The van der Waals surface area contributed by atoms with Gasteiger partial charge in [-0.3, -0.25) is 0 Å². The summed E-state index contributed by atoms with van der Waals surface area (Å²) in [7, 11) is -3.28. The molecule has 1 aliphatic rings. The average molecular weight is 468 g/mol. The fourth-order valence-electron chi connectivity index (χ4n) is 3.55. The number of aromatic nitrogens is 4. The van der Waals surface area contributed by atoms with Gasteiger partial charge < -0.3 is 14.6 Å². The molecule has 0 unspecified atom stereocenters. The zero-order chi connectivity index (χ0) is 21.3. The highest BCUT2D eigenvalue weighted by atomic mass is 35.5. The Morgan fingerprint density at radius 2 is 1.81 bits per heavy atom. The van der Waals surface area contributed by atoms with Gasteiger partial charge in [0.05, 0.1) is 23.0 Å². The second kappa shape index (κ2) is 9.29. The largest absolute Gasteiger partial charge is 0.381 e. The third-order valence-electron chi connectivity index (χ3n) is 5.06. The number of sulfone groups is 1. The van der Waals surface area contributed by atoms with Gasteiger partial charge in [0.2, 0.25) is 5.95 Å². The van der Waals surface area contributed by atoms with E-state index in [2.05, 4.69) is 20.3 Å². The molecule has 0 amide bonds. The maximum atomic E-state index is 14.6. The highest BCUT2D eigenvalue weighted by Crippen LogP contribution is 2.31. The number of nitrogens with one attached hydrogen (secondary N) is 1. The molecule has 1 aromatic carbocycles. The molecule has 2 aromatic heterocycles. The molecule has 0 saturated carbocycles. The molecule has 0 radical (unpaired) electrons. The van der Waals surface area contributed by atoms with Crippen molar-refractivity contribution in [3.63, 3.8) is 0 Å². The Morgan fingerprint density at radius 1 is 1.13 bits per heavy atom. The molecular formula is C20H23ClFN5O3S. The lowest BCUT2D eigenvalue weighted by molar-refractivity contribution is 0.0694. The summed E-state index contributed by atoms with van der Waals surface area (Å²) >= 11 is 0. The maximum absolute atomic E-state index is 14.6. The van der Waals surface area contributed by atoms with Gasteiger partial charge in [0, 0.05) is 31.2 Å². The van der Waals surface area contributed by atoms with E-state index in [4.69, 9.17) is 4.74 Å². The standard InChI is InChI=1S/C20H22FN5O3S.ClH/c1-13-22-12-18(26(13)15-7-9-29-10-8-15)19-17(21)11-23-20(25-19)24-14-3-5-16(6-4-14)30(2,27)28;/h3-6,11-12,15H,7-10H2,1-2H3,(H,23,24,25);1H. The minimum absolute atomic E-state index is 0. The Hall–Kier alpha value is -2.56. The summed E-state index contributed by atoms with van der Waals surface area (Å²) in [5.41, 5.74) is 1.34. The van der Waals surface area contributed by atoms with Crippen molar-refractivity contribution in [3.8, 4) is 11.4 Å². The number of aryl methyl sites for hydroxylation is 1. The molecule has 0 aliphatic carbocycles. The fraction of sp³-hybridized carbons (Fsp3) is 0.350. The van der Waals surface area contributed by atoms with Crippen LogP contribution in [0.1, 0.15) is 24.7 Å². The van der Waals surface area contributed by atoms with Gasteiger partial charge in [-0.15, -0.1) is 12.4 Å². The predicted molar refractivity (Wildman–Crippen MR) is 117 cm³/mol. The molecule has 166 valence electrons. The third kappa shape index (κ3) is 5.03. The number of hydrogen-bond acceptors (Lipinski definition) is 7. The summed E-state index contributed by atoms with van der Waals surface area (Å²) in [4.78, 5) is 13.0. The molecule has 11 heteroatoms. The van der Waals surface area contributed by atoms with Crippen molar-refractivity contribution in [1.82, 2.24) is 19.5 Å². The number of benzene rings is 1. The average Bonchev–Trinajstić information content (AvgIpc) is 3.11. The second-order valence-corrected chi connectivity index (χ2v) is 9.23. The number of anilines is 2. The highest BCUT2D eigenvalue weighted by molar-refractivity contribution is 7.90. The highest BCUT2D eigenvalue weighted by Gasteiger charge is 2.23. The molecule has 31 heavy (non-hydrogen) atoms. The number of halogens is 2. The minimum Gasteiger partial charge on any atom is -0.381 e. The molecule has 1 aliphatic heterocycles. The molecule has 8 nitrogen and oxygen atoms in total. The topological polar surface area (TPSA) is 99.0 Å². The summed E-state index contributed by atoms with van der Waals surface area (Å²) in [6.07, 6.45) is 5.55. The predicted octanol–water partition coefficient (Wildman–Crippen LogP) is 3.71. The first-order valence-electron chi connectivity index (χ1n) is 9.54. The van der Waals surface area contributed by atoms with Crippen molar-refractivity contribution in [2.45, 2.75) is 30.7 Å². The summed E-state index contributed by atoms with van der Waals surface area (Å²) in [6.45, 7) is 3.20. The Morgan fingerprint density at radius 3 is 2.45 bits per heavy atom. The SMILES string of the molecule is Cc1ncc(-c2nc(Nc3ccc(S(C)(=O)=O)cc3)ncc2F)n1C1CCOCC1.Cl. The smallest absolute Gasteiger partial charge is 0.227 e. The summed E-state index contributed by atoms with van der Waals surface area (Å²) < 4.78 is 45.3. The van der Waals surface area contributed by atoms with E-state index < -0.39 is 15.7 Å². The van der Waals surface area contributed by atoms with Crippen molar-refractivity contribution < 1.29 is 17.5 Å². The Kier molecular flexibility index (Phi) is 6.93. The first-order chi connectivity index (χ1) is 14.3. The molecule has 1 saturated heterocycles. The number of imidazole rings is 1. The van der Waals surface area contributed by atoms with Crippen molar-refractivity contribution >= 4 is 33.9 Å². The Bertz CT molecular complexity index is 1160. The number of hydrogen-bond donors (Lipinski definition) is 1. The number of nitrogens with zero attached hydrogens (tertiary/aromatic N) is 4. The van der Waals surface area contributed by atoms with Gasteiger partial charge in [0.25, 0.3) is 0 Å². The molecule has 1 fully saturated rings.